The van der Waals surface area contributed by atoms with Gasteiger partial charge in [-0.1, -0.05) is 18.2 Å². The van der Waals surface area contributed by atoms with E-state index in [4.69, 9.17) is 4.98 Å². The van der Waals surface area contributed by atoms with Gasteiger partial charge in [0.15, 0.2) is 5.65 Å². The van der Waals surface area contributed by atoms with Crippen molar-refractivity contribution in [3.8, 4) is 17.0 Å². The van der Waals surface area contributed by atoms with E-state index in [0.717, 1.165) is 45.5 Å². The lowest BCUT2D eigenvalue weighted by Gasteiger charge is -2.23. The van der Waals surface area contributed by atoms with E-state index >= 15 is 0 Å². The molecular formula is C23H20N6O2. The van der Waals surface area contributed by atoms with Gasteiger partial charge in [-0.2, -0.15) is 5.10 Å². The second-order valence-electron chi connectivity index (χ2n) is 8.10. The van der Waals surface area contributed by atoms with E-state index in [9.17, 15) is 9.90 Å². The maximum absolute atomic E-state index is 12.2. The zero-order chi connectivity index (χ0) is 21.1. The molecule has 0 bridgehead atoms. The Bertz CT molecular complexity index is 1530. The predicted octanol–water partition coefficient (Wildman–Crippen LogP) is 3.18. The first-order valence-corrected chi connectivity index (χ1v) is 10.3. The highest BCUT2D eigenvalue weighted by Gasteiger charge is 2.26. The summed E-state index contributed by atoms with van der Waals surface area (Å²) >= 11 is 0. The van der Waals surface area contributed by atoms with Gasteiger partial charge < -0.3 is 5.11 Å². The number of nitrogens with one attached hydrogen (secondary N) is 1. The van der Waals surface area contributed by atoms with Gasteiger partial charge in [0.1, 0.15) is 0 Å². The van der Waals surface area contributed by atoms with Crippen LogP contribution in [0.5, 0.6) is 5.88 Å². The van der Waals surface area contributed by atoms with Gasteiger partial charge in [-0.05, 0) is 38.0 Å². The summed E-state index contributed by atoms with van der Waals surface area (Å²) in [5.41, 5.74) is 5.93. The van der Waals surface area contributed by atoms with Crippen molar-refractivity contribution >= 4 is 16.6 Å². The van der Waals surface area contributed by atoms with Crippen LogP contribution in [0.2, 0.25) is 0 Å². The summed E-state index contributed by atoms with van der Waals surface area (Å²) in [6, 6.07) is 12.2. The van der Waals surface area contributed by atoms with E-state index < -0.39 is 0 Å². The van der Waals surface area contributed by atoms with Gasteiger partial charge in [-0.3, -0.25) is 14.5 Å². The molecule has 1 atom stereocenters. The minimum Gasteiger partial charge on any atom is -0.493 e. The molecule has 0 radical (unpaired) electrons. The molecular weight excluding hydrogens is 392 g/mol. The Morgan fingerprint density at radius 3 is 2.97 bits per heavy atom. The standard InChI is InChI=1S/C23H20N6O2/c1-13-8-19(15-6-7-20-22(30)27-23(31)28(20)12-15)26-21-17(11-25-29(13)21)16-9-14-4-2-3-5-18(14)24-10-16/h2-5,8-11,15,30H,6-7,12H2,1H3,(H,27,31). The molecule has 0 saturated carbocycles. The predicted molar refractivity (Wildman–Crippen MR) is 116 cm³/mol. The van der Waals surface area contributed by atoms with Crippen molar-refractivity contribution in [3.63, 3.8) is 0 Å². The first-order chi connectivity index (χ1) is 15.1. The van der Waals surface area contributed by atoms with Crippen molar-refractivity contribution in [1.82, 2.24) is 29.1 Å². The first-order valence-electron chi connectivity index (χ1n) is 10.3. The van der Waals surface area contributed by atoms with E-state index in [0.29, 0.717) is 18.7 Å². The molecule has 8 nitrogen and oxygen atoms in total. The molecule has 8 heteroatoms. The average Bonchev–Trinajstić information content (AvgIpc) is 3.34. The van der Waals surface area contributed by atoms with Gasteiger partial charge in [0, 0.05) is 46.6 Å². The molecule has 1 aliphatic heterocycles. The number of aromatic hydroxyl groups is 1. The highest BCUT2D eigenvalue weighted by Crippen LogP contribution is 2.32. The lowest BCUT2D eigenvalue weighted by Crippen LogP contribution is -2.27. The number of nitrogens with zero attached hydrogens (tertiary/aromatic N) is 5. The Labute approximate surface area is 176 Å². The van der Waals surface area contributed by atoms with Crippen LogP contribution in [0.4, 0.5) is 0 Å². The lowest BCUT2D eigenvalue weighted by molar-refractivity contribution is 0.414. The monoisotopic (exact) mass is 412 g/mol. The molecule has 5 aromatic rings. The van der Waals surface area contributed by atoms with E-state index in [1.807, 2.05) is 54.2 Å². The Balaban J connectivity index is 1.46. The third kappa shape index (κ3) is 2.75. The number of hydrogen-bond donors (Lipinski definition) is 2. The zero-order valence-corrected chi connectivity index (χ0v) is 16.9. The van der Waals surface area contributed by atoms with Crippen LogP contribution < -0.4 is 5.69 Å². The summed E-state index contributed by atoms with van der Waals surface area (Å²) in [4.78, 5) is 24.2. The summed E-state index contributed by atoms with van der Waals surface area (Å²) in [7, 11) is 0. The molecule has 0 aliphatic carbocycles. The van der Waals surface area contributed by atoms with Crippen LogP contribution in [0.3, 0.4) is 0 Å². The molecule has 0 amide bonds. The van der Waals surface area contributed by atoms with Crippen molar-refractivity contribution in [2.75, 3.05) is 0 Å². The lowest BCUT2D eigenvalue weighted by atomic mass is 9.94. The molecule has 0 spiro atoms. The number of aryl methyl sites for hydroxylation is 1. The summed E-state index contributed by atoms with van der Waals surface area (Å²) in [6.07, 6.45) is 5.13. The third-order valence-corrected chi connectivity index (χ3v) is 6.19. The maximum Gasteiger partial charge on any atom is 0.328 e. The van der Waals surface area contributed by atoms with Crippen LogP contribution in [0.1, 0.15) is 29.4 Å². The van der Waals surface area contributed by atoms with Crippen LogP contribution in [-0.2, 0) is 13.0 Å². The smallest absolute Gasteiger partial charge is 0.328 e. The quantitative estimate of drug-likeness (QED) is 0.464. The van der Waals surface area contributed by atoms with Gasteiger partial charge in [0.2, 0.25) is 5.88 Å². The van der Waals surface area contributed by atoms with Crippen molar-refractivity contribution < 1.29 is 5.11 Å². The first kappa shape index (κ1) is 17.9. The molecule has 1 aliphatic rings. The van der Waals surface area contributed by atoms with Gasteiger partial charge in [0.05, 0.1) is 17.4 Å². The summed E-state index contributed by atoms with van der Waals surface area (Å²) < 4.78 is 3.46. The normalized spacial score (nSPS) is 16.1. The van der Waals surface area contributed by atoms with E-state index in [1.165, 1.54) is 0 Å². The molecule has 1 aromatic carbocycles. The molecule has 6 rings (SSSR count). The molecule has 5 heterocycles. The number of hydrogen-bond acceptors (Lipinski definition) is 5. The molecule has 0 saturated heterocycles. The third-order valence-electron chi connectivity index (χ3n) is 6.19. The highest BCUT2D eigenvalue weighted by atomic mass is 16.3. The summed E-state index contributed by atoms with van der Waals surface area (Å²) in [5.74, 6) is 0.0616. The SMILES string of the molecule is Cc1cc(C2CCc3c(O)[nH]c(=O)n3C2)nc2c(-c3cnc4ccccc4c3)cnn12. The van der Waals surface area contributed by atoms with E-state index in [2.05, 4.69) is 21.1 Å². The fourth-order valence-electron chi connectivity index (χ4n) is 4.57. The van der Waals surface area contributed by atoms with Crippen LogP contribution in [0.15, 0.2) is 53.6 Å². The number of pyridine rings is 1. The Kier molecular flexibility index (Phi) is 3.77. The van der Waals surface area contributed by atoms with E-state index in [1.54, 1.807) is 4.57 Å². The Morgan fingerprint density at radius 1 is 1.19 bits per heavy atom. The number of aromatic nitrogens is 6. The van der Waals surface area contributed by atoms with Gasteiger partial charge >= 0.3 is 5.69 Å². The molecule has 0 fully saturated rings. The Hall–Kier alpha value is -3.94. The van der Waals surface area contributed by atoms with Crippen molar-refractivity contribution in [3.05, 3.63) is 76.4 Å². The summed E-state index contributed by atoms with van der Waals surface area (Å²) in [6.45, 7) is 2.50. The maximum atomic E-state index is 12.2. The topological polar surface area (TPSA) is 101 Å². The Morgan fingerprint density at radius 2 is 2.06 bits per heavy atom. The molecule has 1 unspecified atom stereocenters. The highest BCUT2D eigenvalue weighted by molar-refractivity contribution is 5.86. The average molecular weight is 412 g/mol. The largest absolute Gasteiger partial charge is 0.493 e. The minimum absolute atomic E-state index is 0.0232. The van der Waals surface area contributed by atoms with Crippen LogP contribution >= 0.6 is 0 Å². The number of aromatic amines is 1. The number of para-hydroxylation sites is 1. The molecule has 4 aromatic heterocycles. The second kappa shape index (κ2) is 6.53. The van der Waals surface area contributed by atoms with Crippen molar-refractivity contribution in [2.24, 2.45) is 0 Å². The molecule has 154 valence electrons. The van der Waals surface area contributed by atoms with Gasteiger partial charge in [0.25, 0.3) is 0 Å². The molecule has 31 heavy (non-hydrogen) atoms. The van der Waals surface area contributed by atoms with Gasteiger partial charge in [-0.25, -0.2) is 14.3 Å². The van der Waals surface area contributed by atoms with Crippen LogP contribution in [0, 0.1) is 6.92 Å². The minimum atomic E-state index is -0.276. The van der Waals surface area contributed by atoms with Crippen LogP contribution in [-0.4, -0.2) is 34.2 Å². The number of benzene rings is 1. The van der Waals surface area contributed by atoms with Crippen molar-refractivity contribution in [1.29, 1.82) is 0 Å². The summed E-state index contributed by atoms with van der Waals surface area (Å²) in [5, 5.41) is 15.5. The number of imidazole rings is 1. The number of fused-ring (bicyclic) bond motifs is 3. The zero-order valence-electron chi connectivity index (χ0n) is 16.9. The van der Waals surface area contributed by atoms with E-state index in [-0.39, 0.29) is 17.5 Å². The fraction of sp³-hybridized carbons (Fsp3) is 0.217. The molecule has 2 N–H and O–H groups in total. The fourth-order valence-corrected chi connectivity index (χ4v) is 4.57. The van der Waals surface area contributed by atoms with Crippen LogP contribution in [0.25, 0.3) is 27.7 Å². The van der Waals surface area contributed by atoms with Crippen molar-refractivity contribution in [2.45, 2.75) is 32.2 Å². The number of H-pyrrole nitrogens is 1. The van der Waals surface area contributed by atoms with Gasteiger partial charge in [-0.15, -0.1) is 0 Å². The second-order valence-corrected chi connectivity index (χ2v) is 8.10. The number of rotatable bonds is 2.